The first kappa shape index (κ1) is 24.8. The smallest absolute Gasteiger partial charge is 0.317 e. The number of amidine groups is 1. The molecular formula is C28H27F2N7O2. The van der Waals surface area contributed by atoms with Crippen LogP contribution in [0.3, 0.4) is 0 Å². The van der Waals surface area contributed by atoms with Crippen LogP contribution in [0.2, 0.25) is 0 Å². The summed E-state index contributed by atoms with van der Waals surface area (Å²) in [6, 6.07) is 14.1. The second-order valence-electron chi connectivity index (χ2n) is 9.66. The Labute approximate surface area is 224 Å². The van der Waals surface area contributed by atoms with Crippen molar-refractivity contribution in [2.45, 2.75) is 37.5 Å². The summed E-state index contributed by atoms with van der Waals surface area (Å²) >= 11 is 0. The van der Waals surface area contributed by atoms with E-state index < -0.39 is 0 Å². The zero-order valence-electron chi connectivity index (χ0n) is 21.0. The molecule has 2 N–H and O–H groups in total. The van der Waals surface area contributed by atoms with Crippen molar-refractivity contribution in [1.29, 1.82) is 0 Å². The van der Waals surface area contributed by atoms with E-state index >= 15 is 0 Å². The molecule has 2 unspecified atom stereocenters. The molecule has 39 heavy (non-hydrogen) atoms. The number of urea groups is 1. The lowest BCUT2D eigenvalue weighted by Gasteiger charge is -2.32. The lowest BCUT2D eigenvalue weighted by atomic mass is 9.97. The van der Waals surface area contributed by atoms with Gasteiger partial charge in [0.1, 0.15) is 30.0 Å². The maximum Gasteiger partial charge on any atom is 0.317 e. The van der Waals surface area contributed by atoms with Gasteiger partial charge in [-0.15, -0.1) is 0 Å². The Morgan fingerprint density at radius 2 is 1.72 bits per heavy atom. The number of hydrogen-bond acceptors (Lipinski definition) is 7. The number of amides is 2. The number of anilines is 1. The fourth-order valence-electron chi connectivity index (χ4n) is 5.06. The number of carbonyl (C=O) groups excluding carboxylic acids is 1. The minimum absolute atomic E-state index is 0.111. The average molecular weight is 532 g/mol. The third-order valence-electron chi connectivity index (χ3n) is 7.13. The highest BCUT2D eigenvalue weighted by Gasteiger charge is 2.41. The highest BCUT2D eigenvalue weighted by atomic mass is 19.1. The van der Waals surface area contributed by atoms with Crippen molar-refractivity contribution >= 4 is 18.0 Å². The monoisotopic (exact) mass is 531 g/mol. The number of halogens is 2. The number of piperidine rings is 1. The number of nitrogens with zero attached hydrogens (tertiary/aromatic N) is 5. The number of aromatic nitrogens is 2. The van der Waals surface area contributed by atoms with E-state index in [1.54, 1.807) is 41.6 Å². The highest BCUT2D eigenvalue weighted by Crippen LogP contribution is 2.43. The van der Waals surface area contributed by atoms with Crippen molar-refractivity contribution < 1.29 is 18.3 Å². The zero-order chi connectivity index (χ0) is 26.8. The molecule has 2 aromatic carbocycles. The number of likely N-dealkylation sites (tertiary alicyclic amines) is 1. The first-order chi connectivity index (χ1) is 19.0. The van der Waals surface area contributed by atoms with E-state index in [-0.39, 0.29) is 35.8 Å². The second kappa shape index (κ2) is 10.7. The quantitative estimate of drug-likeness (QED) is 0.487. The molecule has 0 aliphatic carbocycles. The molecule has 2 atom stereocenters. The minimum atomic E-state index is -0.315. The summed E-state index contributed by atoms with van der Waals surface area (Å²) < 4.78 is 32.2. The number of carbonyl (C=O) groups is 1. The molecule has 1 fully saturated rings. The van der Waals surface area contributed by atoms with Crippen LogP contribution in [0.1, 0.15) is 41.7 Å². The van der Waals surface area contributed by atoms with Gasteiger partial charge >= 0.3 is 6.03 Å². The topological polar surface area (TPSA) is 95.0 Å². The Balaban J connectivity index is 1.08. The fourth-order valence-corrected chi connectivity index (χ4v) is 5.06. The molecule has 9 nitrogen and oxygen atoms in total. The molecule has 1 saturated heterocycles. The van der Waals surface area contributed by atoms with E-state index in [0.717, 1.165) is 29.7 Å². The molecule has 0 radical (unpaired) electrons. The van der Waals surface area contributed by atoms with Gasteiger partial charge in [0.2, 0.25) is 5.95 Å². The van der Waals surface area contributed by atoms with Crippen molar-refractivity contribution in [2.75, 3.05) is 18.4 Å². The minimum Gasteiger partial charge on any atom is -0.432 e. The van der Waals surface area contributed by atoms with Gasteiger partial charge in [0, 0.05) is 38.1 Å². The Morgan fingerprint density at radius 1 is 1.00 bits per heavy atom. The molecule has 200 valence electrons. The predicted molar refractivity (Wildman–Crippen MR) is 140 cm³/mol. The van der Waals surface area contributed by atoms with Crippen LogP contribution in [0.25, 0.3) is 0 Å². The molecule has 6 rings (SSSR count). The summed E-state index contributed by atoms with van der Waals surface area (Å²) in [6.07, 6.45) is 6.60. The van der Waals surface area contributed by atoms with Gasteiger partial charge in [0.05, 0.1) is 5.69 Å². The summed E-state index contributed by atoms with van der Waals surface area (Å²) in [5.41, 5.74) is 2.46. The summed E-state index contributed by atoms with van der Waals surface area (Å²) in [5.74, 6) is -0.102. The zero-order valence-corrected chi connectivity index (χ0v) is 21.0. The van der Waals surface area contributed by atoms with E-state index in [1.807, 2.05) is 17.2 Å². The summed E-state index contributed by atoms with van der Waals surface area (Å²) in [6.45, 7) is 1.53. The third-order valence-corrected chi connectivity index (χ3v) is 7.13. The van der Waals surface area contributed by atoms with Crippen LogP contribution in [0, 0.1) is 11.6 Å². The van der Waals surface area contributed by atoms with Crippen LogP contribution >= 0.6 is 0 Å². The Bertz CT molecular complexity index is 1390. The number of aliphatic imine (C=N–C) groups is 1. The molecule has 0 spiro atoms. The molecular weight excluding hydrogens is 504 g/mol. The van der Waals surface area contributed by atoms with Crippen molar-refractivity contribution in [1.82, 2.24) is 25.1 Å². The number of hydrogen-bond donors (Lipinski definition) is 2. The molecule has 1 aromatic heterocycles. The molecule has 0 bridgehead atoms. The van der Waals surface area contributed by atoms with Crippen LogP contribution in [0.5, 0.6) is 0 Å². The van der Waals surface area contributed by atoms with Crippen molar-refractivity contribution in [2.24, 2.45) is 4.99 Å². The van der Waals surface area contributed by atoms with Gasteiger partial charge in [0.25, 0.3) is 6.02 Å². The number of fused-ring (bicyclic) bond motifs is 1. The molecule has 0 saturated carbocycles. The summed E-state index contributed by atoms with van der Waals surface area (Å²) in [7, 11) is 0. The lowest BCUT2D eigenvalue weighted by molar-refractivity contribution is 0.183. The number of nitrogens with one attached hydrogen (secondary N) is 2. The number of benzene rings is 2. The van der Waals surface area contributed by atoms with Gasteiger partial charge in [-0.3, -0.25) is 4.90 Å². The first-order valence-electron chi connectivity index (χ1n) is 12.8. The largest absolute Gasteiger partial charge is 0.432 e. The van der Waals surface area contributed by atoms with Crippen LogP contribution in [-0.4, -0.2) is 51.0 Å². The van der Waals surface area contributed by atoms with E-state index in [4.69, 9.17) is 14.7 Å². The van der Waals surface area contributed by atoms with Crippen LogP contribution in [0.4, 0.5) is 19.5 Å². The van der Waals surface area contributed by atoms with Gasteiger partial charge in [-0.25, -0.2) is 28.5 Å². The van der Waals surface area contributed by atoms with Gasteiger partial charge < -0.3 is 20.3 Å². The van der Waals surface area contributed by atoms with Crippen molar-refractivity contribution in [3.05, 3.63) is 102 Å². The second-order valence-corrected chi connectivity index (χ2v) is 9.66. The van der Waals surface area contributed by atoms with E-state index in [1.165, 1.54) is 24.3 Å². The van der Waals surface area contributed by atoms with E-state index in [2.05, 4.69) is 15.6 Å². The van der Waals surface area contributed by atoms with Gasteiger partial charge in [0.15, 0.2) is 0 Å². The van der Waals surface area contributed by atoms with Crippen LogP contribution < -0.4 is 10.6 Å². The van der Waals surface area contributed by atoms with Gasteiger partial charge in [-0.1, -0.05) is 24.3 Å². The summed E-state index contributed by atoms with van der Waals surface area (Å²) in [4.78, 5) is 30.2. The van der Waals surface area contributed by atoms with E-state index in [9.17, 15) is 13.6 Å². The first-order valence-corrected chi connectivity index (χ1v) is 12.8. The van der Waals surface area contributed by atoms with Crippen molar-refractivity contribution in [3.8, 4) is 0 Å². The fraction of sp³-hybridized carbons (Fsp3) is 0.286. The maximum atomic E-state index is 13.5. The Hall–Kier alpha value is -4.54. The van der Waals surface area contributed by atoms with Crippen molar-refractivity contribution in [3.63, 3.8) is 0 Å². The molecule has 4 heterocycles. The molecule has 11 heteroatoms. The molecule has 3 aromatic rings. The Morgan fingerprint density at radius 3 is 2.46 bits per heavy atom. The van der Waals surface area contributed by atoms with Crippen LogP contribution in [0.15, 0.2) is 78.2 Å². The maximum absolute atomic E-state index is 13.5. The van der Waals surface area contributed by atoms with Crippen LogP contribution in [-0.2, 0) is 11.3 Å². The third kappa shape index (κ3) is 5.38. The van der Waals surface area contributed by atoms with Gasteiger partial charge in [-0.05, 0) is 54.3 Å². The standard InChI is InChI=1S/C28H27F2N7O2/c29-20-5-1-18(2-6-20)17-32-27(38)36-13-10-22(11-14-36)33-26-31-12-9-23(34-26)25-24(19-3-7-21(30)8-4-19)35-28-37(25)15-16-39-28/h1-9,12,15-16,22,24-25H,10-11,13-14,17H2,(H,32,38)(H,31,33,34). The lowest BCUT2D eigenvalue weighted by Crippen LogP contribution is -2.46. The molecule has 3 aliphatic heterocycles. The number of ether oxygens (including phenoxy) is 1. The molecule has 2 amide bonds. The summed E-state index contributed by atoms with van der Waals surface area (Å²) in [5, 5.41) is 6.32. The van der Waals surface area contributed by atoms with Gasteiger partial charge in [-0.2, -0.15) is 0 Å². The molecule has 3 aliphatic rings. The average Bonchev–Trinajstić information content (AvgIpc) is 3.55. The SMILES string of the molecule is O=C(NCc1ccc(F)cc1)N1CCC(Nc2nccc(C3C(c4ccc(F)cc4)N=C4OC=CN43)n2)CC1. The highest BCUT2D eigenvalue weighted by molar-refractivity contribution is 5.80. The van der Waals surface area contributed by atoms with E-state index in [0.29, 0.717) is 31.6 Å². The predicted octanol–water partition coefficient (Wildman–Crippen LogP) is 4.50. The Kier molecular flexibility index (Phi) is 6.78. The number of rotatable bonds is 6. The normalized spacial score (nSPS) is 20.4.